The van der Waals surface area contributed by atoms with Crippen LogP contribution in [0.15, 0.2) is 24.3 Å². The van der Waals surface area contributed by atoms with Gasteiger partial charge >= 0.3 is 0 Å². The van der Waals surface area contributed by atoms with Gasteiger partial charge in [-0.1, -0.05) is 63.8 Å². The van der Waals surface area contributed by atoms with E-state index in [-0.39, 0.29) is 29.6 Å². The van der Waals surface area contributed by atoms with Crippen molar-refractivity contribution in [3.8, 4) is 0 Å². The molecule has 2 N–H and O–H groups in total. The summed E-state index contributed by atoms with van der Waals surface area (Å²) >= 11 is 6.13. The fraction of sp³-hybridized carbons (Fsp3) is 0.625. The predicted molar refractivity (Wildman–Crippen MR) is 124 cm³/mol. The Morgan fingerprint density at radius 2 is 1.90 bits per heavy atom. The zero-order valence-electron chi connectivity index (χ0n) is 19.0. The minimum atomic E-state index is -0.667. The van der Waals surface area contributed by atoms with Crippen LogP contribution in [-0.2, 0) is 9.59 Å². The van der Waals surface area contributed by atoms with Gasteiger partial charge in [0.15, 0.2) is 0 Å². The summed E-state index contributed by atoms with van der Waals surface area (Å²) in [5, 5.41) is 6.23. The Morgan fingerprint density at radius 1 is 1.16 bits per heavy atom. The Balaban J connectivity index is 1.96. The summed E-state index contributed by atoms with van der Waals surface area (Å²) in [6.07, 6.45) is 6.01. The van der Waals surface area contributed by atoms with Crippen molar-refractivity contribution in [2.24, 2.45) is 11.8 Å². The topological polar surface area (TPSA) is 78.5 Å². The predicted octanol–water partition coefficient (Wildman–Crippen LogP) is 4.03. The maximum atomic E-state index is 13.2. The van der Waals surface area contributed by atoms with E-state index in [1.807, 2.05) is 13.8 Å². The molecule has 0 radical (unpaired) electrons. The SMILES string of the molecule is CCCCCCNC(=O)C1CCCN(C(=O)C(NC(=O)c2ccccc2Cl)C(C)C)C1. The molecule has 1 aromatic carbocycles. The number of nitrogens with one attached hydrogen (secondary N) is 2. The van der Waals surface area contributed by atoms with Crippen LogP contribution in [0.5, 0.6) is 0 Å². The summed E-state index contributed by atoms with van der Waals surface area (Å²) in [5.41, 5.74) is 0.349. The number of hydrogen-bond donors (Lipinski definition) is 2. The van der Waals surface area contributed by atoms with Crippen molar-refractivity contribution in [1.82, 2.24) is 15.5 Å². The molecule has 7 heteroatoms. The van der Waals surface area contributed by atoms with Gasteiger partial charge in [-0.3, -0.25) is 14.4 Å². The maximum Gasteiger partial charge on any atom is 0.253 e. The molecule has 0 aliphatic carbocycles. The van der Waals surface area contributed by atoms with Crippen LogP contribution in [0.1, 0.15) is 69.7 Å². The van der Waals surface area contributed by atoms with E-state index in [9.17, 15) is 14.4 Å². The highest BCUT2D eigenvalue weighted by Gasteiger charge is 2.34. The standard InChI is InChI=1S/C24H36ClN3O3/c1-4-5-6-9-14-26-22(29)18-11-10-15-28(16-18)24(31)21(17(2)3)27-23(30)19-12-7-8-13-20(19)25/h7-8,12-13,17-18,21H,4-6,9-11,14-16H2,1-3H3,(H,26,29)(H,27,30). The molecule has 1 aromatic rings. The van der Waals surface area contributed by atoms with Crippen molar-refractivity contribution in [3.05, 3.63) is 34.9 Å². The minimum absolute atomic E-state index is 0.0233. The maximum absolute atomic E-state index is 13.2. The molecule has 1 aliphatic heterocycles. The average Bonchev–Trinajstić information content (AvgIpc) is 2.76. The number of rotatable bonds is 10. The summed E-state index contributed by atoms with van der Waals surface area (Å²) < 4.78 is 0. The van der Waals surface area contributed by atoms with Gasteiger partial charge in [0, 0.05) is 19.6 Å². The lowest BCUT2D eigenvalue weighted by Gasteiger charge is -2.35. The number of likely N-dealkylation sites (tertiary alicyclic amines) is 1. The zero-order chi connectivity index (χ0) is 22.8. The van der Waals surface area contributed by atoms with Gasteiger partial charge in [0.2, 0.25) is 11.8 Å². The second kappa shape index (κ2) is 12.7. The monoisotopic (exact) mass is 449 g/mol. The average molecular weight is 450 g/mol. The van der Waals surface area contributed by atoms with Crippen LogP contribution in [0, 0.1) is 11.8 Å². The molecule has 1 heterocycles. The molecule has 2 unspecified atom stereocenters. The Labute approximate surface area is 191 Å². The Kier molecular flexibility index (Phi) is 10.3. The number of halogens is 1. The van der Waals surface area contributed by atoms with Gasteiger partial charge < -0.3 is 15.5 Å². The van der Waals surface area contributed by atoms with Crippen molar-refractivity contribution in [1.29, 1.82) is 0 Å². The van der Waals surface area contributed by atoms with E-state index in [0.29, 0.717) is 30.2 Å². The van der Waals surface area contributed by atoms with Crippen molar-refractivity contribution in [3.63, 3.8) is 0 Å². The van der Waals surface area contributed by atoms with E-state index < -0.39 is 6.04 Å². The van der Waals surface area contributed by atoms with Crippen molar-refractivity contribution >= 4 is 29.3 Å². The van der Waals surface area contributed by atoms with Crippen LogP contribution in [0.25, 0.3) is 0 Å². The first kappa shape index (κ1) is 25.2. The lowest BCUT2D eigenvalue weighted by molar-refractivity contribution is -0.138. The van der Waals surface area contributed by atoms with Crippen molar-refractivity contribution in [2.75, 3.05) is 19.6 Å². The molecule has 6 nitrogen and oxygen atoms in total. The van der Waals surface area contributed by atoms with Crippen molar-refractivity contribution in [2.45, 2.75) is 65.3 Å². The van der Waals surface area contributed by atoms with E-state index in [4.69, 9.17) is 11.6 Å². The van der Waals surface area contributed by atoms with Gasteiger partial charge in [-0.2, -0.15) is 0 Å². The van der Waals surface area contributed by atoms with Gasteiger partial charge in [0.1, 0.15) is 6.04 Å². The third-order valence-electron chi connectivity index (χ3n) is 5.77. The molecule has 2 rings (SSSR count). The first-order chi connectivity index (χ1) is 14.8. The van der Waals surface area contributed by atoms with Crippen LogP contribution >= 0.6 is 11.6 Å². The summed E-state index contributed by atoms with van der Waals surface area (Å²) in [4.78, 5) is 40.2. The van der Waals surface area contributed by atoms with E-state index in [2.05, 4.69) is 17.6 Å². The van der Waals surface area contributed by atoms with E-state index in [1.54, 1.807) is 29.2 Å². The third-order valence-corrected chi connectivity index (χ3v) is 6.10. The molecule has 2 atom stereocenters. The lowest BCUT2D eigenvalue weighted by atomic mass is 9.94. The largest absolute Gasteiger partial charge is 0.356 e. The first-order valence-electron chi connectivity index (χ1n) is 11.5. The second-order valence-corrected chi connectivity index (χ2v) is 9.06. The Morgan fingerprint density at radius 3 is 2.58 bits per heavy atom. The number of carbonyl (C=O) groups excluding carboxylic acids is 3. The molecule has 3 amide bonds. The molecule has 0 aromatic heterocycles. The zero-order valence-corrected chi connectivity index (χ0v) is 19.7. The van der Waals surface area contributed by atoms with Gasteiger partial charge in [-0.05, 0) is 37.3 Å². The van der Waals surface area contributed by atoms with Crippen LogP contribution in [0.2, 0.25) is 5.02 Å². The van der Waals surface area contributed by atoms with Gasteiger partial charge in [0.25, 0.3) is 5.91 Å². The number of nitrogens with zero attached hydrogens (tertiary/aromatic N) is 1. The minimum Gasteiger partial charge on any atom is -0.356 e. The number of unbranched alkanes of at least 4 members (excludes halogenated alkanes) is 3. The number of piperidine rings is 1. The smallest absolute Gasteiger partial charge is 0.253 e. The van der Waals surface area contributed by atoms with E-state index >= 15 is 0 Å². The highest BCUT2D eigenvalue weighted by atomic mass is 35.5. The molecule has 0 bridgehead atoms. The highest BCUT2D eigenvalue weighted by molar-refractivity contribution is 6.33. The molecule has 172 valence electrons. The quantitative estimate of drug-likeness (QED) is 0.529. The number of carbonyl (C=O) groups is 3. The highest BCUT2D eigenvalue weighted by Crippen LogP contribution is 2.20. The van der Waals surface area contributed by atoms with E-state index in [1.165, 1.54) is 6.42 Å². The molecule has 1 fully saturated rings. The molecule has 0 saturated carbocycles. The van der Waals surface area contributed by atoms with Gasteiger partial charge in [0.05, 0.1) is 16.5 Å². The van der Waals surface area contributed by atoms with Crippen molar-refractivity contribution < 1.29 is 14.4 Å². The molecular formula is C24H36ClN3O3. The van der Waals surface area contributed by atoms with Crippen LogP contribution in [0.3, 0.4) is 0 Å². The molecule has 1 saturated heterocycles. The number of amides is 3. The fourth-order valence-corrected chi connectivity index (χ4v) is 4.10. The third kappa shape index (κ3) is 7.53. The normalized spacial score (nSPS) is 17.3. The summed E-state index contributed by atoms with van der Waals surface area (Å²) in [5.74, 6) is -0.773. The molecule has 0 spiro atoms. The first-order valence-corrected chi connectivity index (χ1v) is 11.8. The molecule has 1 aliphatic rings. The van der Waals surface area contributed by atoms with Gasteiger partial charge in [-0.25, -0.2) is 0 Å². The second-order valence-electron chi connectivity index (χ2n) is 8.65. The number of benzene rings is 1. The van der Waals surface area contributed by atoms with Gasteiger partial charge in [-0.15, -0.1) is 0 Å². The summed E-state index contributed by atoms with van der Waals surface area (Å²) in [6, 6.07) is 6.12. The van der Waals surface area contributed by atoms with Crippen LogP contribution < -0.4 is 10.6 Å². The lowest BCUT2D eigenvalue weighted by Crippen LogP contribution is -2.54. The number of hydrogen-bond acceptors (Lipinski definition) is 3. The fourth-order valence-electron chi connectivity index (χ4n) is 3.87. The van der Waals surface area contributed by atoms with Crippen LogP contribution in [0.4, 0.5) is 0 Å². The summed E-state index contributed by atoms with van der Waals surface area (Å²) in [7, 11) is 0. The molecular weight excluding hydrogens is 414 g/mol. The van der Waals surface area contributed by atoms with E-state index in [0.717, 1.165) is 32.1 Å². The Bertz CT molecular complexity index is 753. The molecule has 31 heavy (non-hydrogen) atoms. The van der Waals surface area contributed by atoms with Crippen LogP contribution in [-0.4, -0.2) is 48.3 Å². The Hall–Kier alpha value is -2.08. The summed E-state index contributed by atoms with van der Waals surface area (Å²) in [6.45, 7) is 7.65.